The van der Waals surface area contributed by atoms with Gasteiger partial charge in [-0.3, -0.25) is 0 Å². The van der Waals surface area contributed by atoms with E-state index in [0.717, 1.165) is 24.0 Å². The van der Waals surface area contributed by atoms with E-state index in [-0.39, 0.29) is 6.04 Å². The summed E-state index contributed by atoms with van der Waals surface area (Å²) in [7, 11) is -3.49. The molecule has 0 radical (unpaired) electrons. The number of benzene rings is 2. The van der Waals surface area contributed by atoms with Crippen LogP contribution in [0.5, 0.6) is 0 Å². The van der Waals surface area contributed by atoms with Crippen LogP contribution in [0.2, 0.25) is 5.02 Å². The van der Waals surface area contributed by atoms with Gasteiger partial charge in [-0.2, -0.15) is 4.31 Å². The van der Waals surface area contributed by atoms with Crippen LogP contribution in [0.4, 0.5) is 0 Å². The molecule has 1 aliphatic rings. The van der Waals surface area contributed by atoms with E-state index in [2.05, 4.69) is 0 Å². The van der Waals surface area contributed by atoms with E-state index in [0.29, 0.717) is 16.5 Å². The minimum Gasteiger partial charge on any atom is -0.207 e. The monoisotopic (exact) mass is 335 g/mol. The third kappa shape index (κ3) is 2.78. The molecule has 1 heterocycles. The van der Waals surface area contributed by atoms with Crippen LogP contribution in [0.15, 0.2) is 53.4 Å². The molecule has 1 aliphatic heterocycles. The molecule has 5 heteroatoms. The SMILES string of the molecule is Cc1ccccc1[C@@H]1CCCN1S(=O)(=O)c1ccc(Cl)cc1. The van der Waals surface area contributed by atoms with Crippen molar-refractivity contribution in [2.75, 3.05) is 6.54 Å². The lowest BCUT2D eigenvalue weighted by Gasteiger charge is -2.25. The number of nitrogens with zero attached hydrogens (tertiary/aromatic N) is 1. The summed E-state index contributed by atoms with van der Waals surface area (Å²) in [6, 6.07) is 14.3. The van der Waals surface area contributed by atoms with Crippen LogP contribution in [-0.4, -0.2) is 19.3 Å². The molecule has 3 rings (SSSR count). The van der Waals surface area contributed by atoms with E-state index in [9.17, 15) is 8.42 Å². The first-order valence-electron chi connectivity index (χ1n) is 7.33. The Bertz CT molecular complexity index is 772. The van der Waals surface area contributed by atoms with Crippen molar-refractivity contribution >= 4 is 21.6 Å². The largest absolute Gasteiger partial charge is 0.243 e. The van der Waals surface area contributed by atoms with Crippen molar-refractivity contribution in [3.05, 3.63) is 64.7 Å². The smallest absolute Gasteiger partial charge is 0.207 e. The quantitative estimate of drug-likeness (QED) is 0.844. The second-order valence-electron chi connectivity index (χ2n) is 5.58. The highest BCUT2D eigenvalue weighted by molar-refractivity contribution is 7.89. The van der Waals surface area contributed by atoms with Gasteiger partial charge >= 0.3 is 0 Å². The third-order valence-corrected chi connectivity index (χ3v) is 6.35. The van der Waals surface area contributed by atoms with Crippen molar-refractivity contribution in [3.8, 4) is 0 Å². The van der Waals surface area contributed by atoms with Gasteiger partial charge in [0.25, 0.3) is 0 Å². The molecule has 1 atom stereocenters. The Labute approximate surface area is 136 Å². The average Bonchev–Trinajstić information content (AvgIpc) is 2.98. The average molecular weight is 336 g/mol. The van der Waals surface area contributed by atoms with Gasteiger partial charge in [0.05, 0.1) is 10.9 Å². The van der Waals surface area contributed by atoms with E-state index >= 15 is 0 Å². The fourth-order valence-electron chi connectivity index (χ4n) is 3.04. The number of sulfonamides is 1. The highest BCUT2D eigenvalue weighted by Crippen LogP contribution is 2.37. The van der Waals surface area contributed by atoms with Gasteiger partial charge < -0.3 is 0 Å². The summed E-state index contributed by atoms with van der Waals surface area (Å²) in [6.45, 7) is 2.59. The predicted molar refractivity (Wildman–Crippen MR) is 88.5 cm³/mol. The van der Waals surface area contributed by atoms with Crippen LogP contribution in [0.25, 0.3) is 0 Å². The lowest BCUT2D eigenvalue weighted by atomic mass is 10.0. The fourth-order valence-corrected chi connectivity index (χ4v) is 4.84. The zero-order chi connectivity index (χ0) is 15.7. The van der Waals surface area contributed by atoms with Gasteiger partial charge in [0.15, 0.2) is 0 Å². The molecule has 0 aromatic heterocycles. The summed E-state index contributed by atoms with van der Waals surface area (Å²) in [5, 5.41) is 0.538. The molecule has 0 unspecified atom stereocenters. The first kappa shape index (κ1) is 15.5. The van der Waals surface area contributed by atoms with Crippen molar-refractivity contribution in [1.82, 2.24) is 4.31 Å². The minimum absolute atomic E-state index is 0.0816. The molecular weight excluding hydrogens is 318 g/mol. The molecule has 3 nitrogen and oxygen atoms in total. The van der Waals surface area contributed by atoms with Gasteiger partial charge in [-0.25, -0.2) is 8.42 Å². The minimum atomic E-state index is -3.49. The van der Waals surface area contributed by atoms with Crippen LogP contribution in [0, 0.1) is 6.92 Å². The summed E-state index contributed by atoms with van der Waals surface area (Å²) >= 11 is 5.86. The summed E-state index contributed by atoms with van der Waals surface area (Å²) in [4.78, 5) is 0.303. The normalized spacial score (nSPS) is 19.5. The van der Waals surface area contributed by atoms with E-state index in [4.69, 9.17) is 11.6 Å². The Morgan fingerprint density at radius 2 is 1.77 bits per heavy atom. The lowest BCUT2D eigenvalue weighted by Crippen LogP contribution is -2.31. The van der Waals surface area contributed by atoms with Crippen molar-refractivity contribution in [2.24, 2.45) is 0 Å². The summed E-state index contributed by atoms with van der Waals surface area (Å²) in [5.41, 5.74) is 2.23. The highest BCUT2D eigenvalue weighted by Gasteiger charge is 2.36. The second-order valence-corrected chi connectivity index (χ2v) is 7.91. The van der Waals surface area contributed by atoms with E-state index in [1.54, 1.807) is 28.6 Å². The molecule has 0 aliphatic carbocycles. The van der Waals surface area contributed by atoms with Gasteiger partial charge in [-0.1, -0.05) is 35.9 Å². The maximum absolute atomic E-state index is 12.9. The van der Waals surface area contributed by atoms with Crippen LogP contribution >= 0.6 is 11.6 Å². The first-order chi connectivity index (χ1) is 10.5. The van der Waals surface area contributed by atoms with Gasteiger partial charge in [0, 0.05) is 11.6 Å². The van der Waals surface area contributed by atoms with Crippen molar-refractivity contribution in [2.45, 2.75) is 30.7 Å². The Morgan fingerprint density at radius 3 is 2.45 bits per heavy atom. The third-order valence-electron chi connectivity index (χ3n) is 4.17. The van der Waals surface area contributed by atoms with Gasteiger partial charge in [-0.15, -0.1) is 0 Å². The van der Waals surface area contributed by atoms with Gasteiger partial charge in [-0.05, 0) is 55.2 Å². The summed E-state index contributed by atoms with van der Waals surface area (Å²) < 4.78 is 27.5. The second kappa shape index (κ2) is 6.03. The Balaban J connectivity index is 1.99. The molecule has 0 spiro atoms. The van der Waals surface area contributed by atoms with Crippen LogP contribution < -0.4 is 0 Å². The van der Waals surface area contributed by atoms with Gasteiger partial charge in [0.2, 0.25) is 10.0 Å². The van der Waals surface area contributed by atoms with Crippen molar-refractivity contribution < 1.29 is 8.42 Å². The molecule has 22 heavy (non-hydrogen) atoms. The predicted octanol–water partition coefficient (Wildman–Crippen LogP) is 4.17. The topological polar surface area (TPSA) is 37.4 Å². The number of aryl methyl sites for hydroxylation is 1. The molecule has 0 amide bonds. The zero-order valence-electron chi connectivity index (χ0n) is 12.4. The molecule has 0 bridgehead atoms. The van der Waals surface area contributed by atoms with Crippen LogP contribution in [-0.2, 0) is 10.0 Å². The van der Waals surface area contributed by atoms with Crippen molar-refractivity contribution in [1.29, 1.82) is 0 Å². The van der Waals surface area contributed by atoms with E-state index < -0.39 is 10.0 Å². The van der Waals surface area contributed by atoms with Crippen LogP contribution in [0.3, 0.4) is 0 Å². The molecule has 116 valence electrons. The van der Waals surface area contributed by atoms with Crippen LogP contribution in [0.1, 0.15) is 30.0 Å². The zero-order valence-corrected chi connectivity index (χ0v) is 13.9. The summed E-state index contributed by atoms with van der Waals surface area (Å²) in [6.07, 6.45) is 1.74. The number of rotatable bonds is 3. The molecule has 2 aromatic carbocycles. The first-order valence-corrected chi connectivity index (χ1v) is 9.15. The highest BCUT2D eigenvalue weighted by atomic mass is 35.5. The molecule has 1 saturated heterocycles. The molecule has 0 saturated carbocycles. The fraction of sp³-hybridized carbons (Fsp3) is 0.294. The Morgan fingerprint density at radius 1 is 1.09 bits per heavy atom. The maximum Gasteiger partial charge on any atom is 0.243 e. The molecule has 0 N–H and O–H groups in total. The van der Waals surface area contributed by atoms with Gasteiger partial charge in [0.1, 0.15) is 0 Å². The van der Waals surface area contributed by atoms with E-state index in [1.807, 2.05) is 31.2 Å². The molecule has 2 aromatic rings. The molecular formula is C17H18ClNO2S. The maximum atomic E-state index is 12.9. The standard InChI is InChI=1S/C17H18ClNO2S/c1-13-5-2-3-6-16(13)17-7-4-12-19(17)22(20,21)15-10-8-14(18)9-11-15/h2-3,5-6,8-11,17H,4,7,12H2,1H3/t17-/m0/s1. The lowest BCUT2D eigenvalue weighted by molar-refractivity contribution is 0.395. The molecule has 1 fully saturated rings. The number of halogens is 1. The Hall–Kier alpha value is -1.36. The Kier molecular flexibility index (Phi) is 4.26. The summed E-state index contributed by atoms with van der Waals surface area (Å²) in [5.74, 6) is 0. The van der Waals surface area contributed by atoms with E-state index in [1.165, 1.54) is 0 Å². The number of hydrogen-bond acceptors (Lipinski definition) is 2. The van der Waals surface area contributed by atoms with Crippen molar-refractivity contribution in [3.63, 3.8) is 0 Å². The number of hydrogen-bond donors (Lipinski definition) is 0.